The van der Waals surface area contributed by atoms with E-state index in [4.69, 9.17) is 33.1 Å². The molecule has 4 aliphatic rings. The van der Waals surface area contributed by atoms with Gasteiger partial charge in [-0.2, -0.15) is 0 Å². The number of carbonyl (C=O) groups is 2. The molecule has 6 heterocycles. The Morgan fingerprint density at radius 1 is 0.633 bits per heavy atom. The third-order valence-corrected chi connectivity index (χ3v) is 10.3. The molecule has 2 saturated heterocycles. The van der Waals surface area contributed by atoms with Crippen molar-refractivity contribution in [3.63, 3.8) is 0 Å². The number of carboxylic acids is 1. The normalized spacial score (nSPS) is 17.4. The minimum absolute atomic E-state index is 0. The highest BCUT2D eigenvalue weighted by Gasteiger charge is 2.30. The highest BCUT2D eigenvalue weighted by molar-refractivity contribution is 5.93. The summed E-state index contributed by atoms with van der Waals surface area (Å²) >= 11 is 0. The molecule has 0 radical (unpaired) electrons. The lowest BCUT2D eigenvalue weighted by molar-refractivity contribution is 0.0660. The number of nitrogens with one attached hydrogen (secondary N) is 1. The van der Waals surface area contributed by atoms with Gasteiger partial charge in [-0.1, -0.05) is 54.1 Å². The molecule has 4 aromatic carbocycles. The van der Waals surface area contributed by atoms with Gasteiger partial charge in [0.25, 0.3) is 5.91 Å². The van der Waals surface area contributed by atoms with Gasteiger partial charge in [0, 0.05) is 86.0 Å². The van der Waals surface area contributed by atoms with Crippen LogP contribution in [0, 0.1) is 0 Å². The molecule has 0 bridgehead atoms. The molecule has 0 saturated carbocycles. The summed E-state index contributed by atoms with van der Waals surface area (Å²) in [6, 6.07) is 35.3. The van der Waals surface area contributed by atoms with Crippen LogP contribution in [-0.4, -0.2) is 97.1 Å². The van der Waals surface area contributed by atoms with E-state index in [0.29, 0.717) is 58.4 Å². The Morgan fingerprint density at radius 2 is 1.15 bits per heavy atom. The Bertz CT molecular complexity index is 2370. The van der Waals surface area contributed by atoms with Crippen LogP contribution in [0.15, 0.2) is 118 Å². The van der Waals surface area contributed by atoms with E-state index in [1.54, 1.807) is 24.3 Å². The highest BCUT2D eigenvalue weighted by Crippen LogP contribution is 2.37. The number of aromatic carboxylic acids is 1. The maximum atomic E-state index is 13.0. The summed E-state index contributed by atoms with van der Waals surface area (Å²) < 4.78 is 31.5. The second-order valence-corrected chi connectivity index (χ2v) is 14.4. The summed E-state index contributed by atoms with van der Waals surface area (Å²) in [6.45, 7) is 10.2. The topological polar surface area (TPSA) is 165 Å². The number of carbonyl (C=O) groups excluding carboxylic acids is 1. The molecule has 0 spiro atoms. The molecule has 15 nitrogen and oxygen atoms in total. The van der Waals surface area contributed by atoms with E-state index in [0.717, 1.165) is 38.3 Å². The molecular weight excluding hydrogens is 769 g/mol. The number of ether oxygens (including phenoxy) is 4. The molecule has 2 N–H and O–H groups in total. The summed E-state index contributed by atoms with van der Waals surface area (Å²) in [5.74, 6) is 2.30. The fraction of sp³-hybridized carbons (Fsp3) is 0.289. The van der Waals surface area contributed by atoms with Gasteiger partial charge in [0.15, 0.2) is 45.9 Å². The molecule has 0 aliphatic carbocycles. The van der Waals surface area contributed by atoms with Crippen LogP contribution < -0.4 is 34.1 Å². The average molecular weight is 817 g/mol. The molecule has 10 rings (SSSR count). The van der Waals surface area contributed by atoms with E-state index in [-0.39, 0.29) is 38.7 Å². The van der Waals surface area contributed by atoms with Crippen LogP contribution in [0.5, 0.6) is 23.0 Å². The predicted molar refractivity (Wildman–Crippen MR) is 225 cm³/mol. The summed E-state index contributed by atoms with van der Waals surface area (Å²) in [5, 5.41) is 19.6. The number of para-hydroxylation sites is 2. The third kappa shape index (κ3) is 9.48. The number of carboxylic acid groups (broad SMARTS) is 1. The van der Waals surface area contributed by atoms with Gasteiger partial charge >= 0.3 is 5.97 Å². The Labute approximate surface area is 348 Å². The van der Waals surface area contributed by atoms with Gasteiger partial charge in [-0.3, -0.25) is 4.79 Å². The quantitative estimate of drug-likeness (QED) is 0.172. The zero-order chi connectivity index (χ0) is 40.7. The maximum Gasteiger partial charge on any atom is 0.358 e. The number of anilines is 2. The minimum atomic E-state index is -1.12. The molecule has 2 fully saturated rings. The van der Waals surface area contributed by atoms with Crippen LogP contribution in [0.4, 0.5) is 11.4 Å². The fourth-order valence-corrected chi connectivity index (χ4v) is 7.21. The van der Waals surface area contributed by atoms with Crippen molar-refractivity contribution >= 4 is 23.3 Å². The molecule has 60 heavy (non-hydrogen) atoms. The van der Waals surface area contributed by atoms with Crippen molar-refractivity contribution in [1.29, 1.82) is 0 Å². The highest BCUT2D eigenvalue weighted by atomic mass is 16.7. The second-order valence-electron chi connectivity index (χ2n) is 14.4. The van der Waals surface area contributed by atoms with Crippen LogP contribution in [0.1, 0.15) is 42.3 Å². The SMILES string of the molecule is C.CC1CN(c2ccccc2)CCN1.CC1CN(c2ccccc2)CCN1C(=O)c1cc(-c2ccc3c(c2)OCO3)on1.O=C(O)c1cc(-c2ccc3c(c2)OCO3)on1. The number of nitrogens with zero attached hydrogens (tertiary/aromatic N) is 5. The van der Waals surface area contributed by atoms with Gasteiger partial charge in [-0.25, -0.2) is 4.79 Å². The summed E-state index contributed by atoms with van der Waals surface area (Å²) in [7, 11) is 0. The Hall–Kier alpha value is -7.00. The van der Waals surface area contributed by atoms with Gasteiger partial charge in [0.1, 0.15) is 0 Å². The summed E-state index contributed by atoms with van der Waals surface area (Å²) in [4.78, 5) is 30.3. The van der Waals surface area contributed by atoms with Crippen molar-refractivity contribution in [2.75, 3.05) is 62.7 Å². The van der Waals surface area contributed by atoms with Crippen molar-refractivity contribution in [2.24, 2.45) is 0 Å². The molecule has 1 amide bonds. The lowest BCUT2D eigenvalue weighted by Gasteiger charge is -2.40. The van der Waals surface area contributed by atoms with Crippen LogP contribution in [-0.2, 0) is 0 Å². The van der Waals surface area contributed by atoms with Crippen LogP contribution in [0.3, 0.4) is 0 Å². The number of fused-ring (bicyclic) bond motifs is 2. The van der Waals surface area contributed by atoms with Crippen molar-refractivity contribution in [3.05, 3.63) is 121 Å². The summed E-state index contributed by atoms with van der Waals surface area (Å²) in [6.07, 6.45) is 0. The van der Waals surface area contributed by atoms with E-state index in [1.165, 1.54) is 17.4 Å². The van der Waals surface area contributed by atoms with Crippen molar-refractivity contribution < 1.29 is 42.7 Å². The van der Waals surface area contributed by atoms with Gasteiger partial charge < -0.3 is 53.1 Å². The van der Waals surface area contributed by atoms with Gasteiger partial charge in [-0.05, 0) is 74.5 Å². The molecule has 6 aromatic rings. The summed E-state index contributed by atoms with van der Waals surface area (Å²) in [5.41, 5.74) is 4.20. The Morgan fingerprint density at radius 3 is 1.67 bits per heavy atom. The lowest BCUT2D eigenvalue weighted by atomic mass is 10.1. The molecule has 4 aliphatic heterocycles. The molecule has 2 aromatic heterocycles. The van der Waals surface area contributed by atoms with Gasteiger partial charge in [0.2, 0.25) is 13.6 Å². The van der Waals surface area contributed by atoms with Crippen molar-refractivity contribution in [2.45, 2.75) is 33.4 Å². The zero-order valence-corrected chi connectivity index (χ0v) is 32.7. The third-order valence-electron chi connectivity index (χ3n) is 10.3. The van der Waals surface area contributed by atoms with E-state index in [2.05, 4.69) is 81.7 Å². The molecule has 2 unspecified atom stereocenters. The minimum Gasteiger partial charge on any atom is -0.476 e. The number of aromatic nitrogens is 2. The zero-order valence-electron chi connectivity index (χ0n) is 32.7. The van der Waals surface area contributed by atoms with Gasteiger partial charge in [0.05, 0.1) is 0 Å². The second kappa shape index (κ2) is 18.7. The first-order valence-corrected chi connectivity index (χ1v) is 19.4. The molecule has 2 atom stereocenters. The van der Waals surface area contributed by atoms with Crippen LogP contribution in [0.2, 0.25) is 0 Å². The average Bonchev–Trinajstić information content (AvgIpc) is 4.12. The number of hydrogen-bond donors (Lipinski definition) is 2. The first-order chi connectivity index (χ1) is 28.8. The number of benzene rings is 4. The maximum absolute atomic E-state index is 13.0. The standard InChI is InChI=1S/C22H21N3O4.C11H16N2.C11H7NO5.CH4/c1-15-13-24(17-5-3-2-4-6-17)9-10-25(15)22(26)18-12-20(29-23-18)16-7-8-19-21(11-16)28-14-27-19;1-10-9-13(8-7-12-10)11-5-3-2-4-6-11;13-11(14)7-4-9(17-12-7)6-1-2-8-10(3-6)16-5-15-8;/h2-8,11-12,15H,9-10,13-14H2,1H3;2-6,10,12H,7-9H2,1H3;1-4H,5H2,(H,13,14);1H4. The predicted octanol–water partition coefficient (Wildman–Crippen LogP) is 7.31. The van der Waals surface area contributed by atoms with E-state index >= 15 is 0 Å². The lowest BCUT2D eigenvalue weighted by Crippen LogP contribution is -2.54. The number of hydrogen-bond acceptors (Lipinski definition) is 13. The molecule has 15 heteroatoms. The number of piperazine rings is 2. The largest absolute Gasteiger partial charge is 0.476 e. The Balaban J connectivity index is 0.000000149. The first-order valence-electron chi connectivity index (χ1n) is 19.4. The van der Waals surface area contributed by atoms with Crippen LogP contribution in [0.25, 0.3) is 22.6 Å². The van der Waals surface area contributed by atoms with E-state index in [1.807, 2.05) is 41.3 Å². The van der Waals surface area contributed by atoms with Crippen LogP contribution >= 0.6 is 0 Å². The van der Waals surface area contributed by atoms with E-state index < -0.39 is 5.97 Å². The van der Waals surface area contributed by atoms with Crippen molar-refractivity contribution in [1.82, 2.24) is 20.5 Å². The molecule has 312 valence electrons. The number of rotatable bonds is 6. The fourth-order valence-electron chi connectivity index (χ4n) is 7.21. The van der Waals surface area contributed by atoms with E-state index in [9.17, 15) is 9.59 Å². The molecular formula is C45H48N6O9. The Kier molecular flexibility index (Phi) is 12.8. The smallest absolute Gasteiger partial charge is 0.358 e. The monoisotopic (exact) mass is 816 g/mol. The first kappa shape index (κ1) is 41.2. The van der Waals surface area contributed by atoms with Crippen molar-refractivity contribution in [3.8, 4) is 45.6 Å². The number of amides is 1. The van der Waals surface area contributed by atoms with Gasteiger partial charge in [-0.15, -0.1) is 0 Å².